The maximum Gasteiger partial charge on any atom is 0.170 e. The van der Waals surface area contributed by atoms with E-state index in [0.29, 0.717) is 24.3 Å². The summed E-state index contributed by atoms with van der Waals surface area (Å²) in [7, 11) is 0. The lowest BCUT2D eigenvalue weighted by molar-refractivity contribution is 0.318. The van der Waals surface area contributed by atoms with Crippen LogP contribution < -0.4 is 10.6 Å². The Balaban J connectivity index is 2.26. The lowest BCUT2D eigenvalue weighted by atomic mass is 10.1. The molecule has 110 valence electrons. The topological polar surface area (TPSA) is 61.8 Å². The van der Waals surface area contributed by atoms with Gasteiger partial charge in [0.05, 0.1) is 5.69 Å². The van der Waals surface area contributed by atoms with Crippen LogP contribution in [-0.4, -0.2) is 17.6 Å². The SMILES string of the molecule is CCN(Cc1ccccc1)c1ccc(/C(N)=N/O)cc1F. The highest BCUT2D eigenvalue weighted by Gasteiger charge is 2.12. The normalized spacial score (nSPS) is 11.4. The van der Waals surface area contributed by atoms with Crippen LogP contribution in [0.2, 0.25) is 0 Å². The van der Waals surface area contributed by atoms with E-state index >= 15 is 0 Å². The van der Waals surface area contributed by atoms with E-state index < -0.39 is 5.82 Å². The molecule has 0 bridgehead atoms. The van der Waals surface area contributed by atoms with Crippen LogP contribution in [0.4, 0.5) is 10.1 Å². The van der Waals surface area contributed by atoms with E-state index in [9.17, 15) is 4.39 Å². The van der Waals surface area contributed by atoms with Crippen molar-refractivity contribution in [3.05, 3.63) is 65.5 Å². The molecule has 2 rings (SSSR count). The summed E-state index contributed by atoms with van der Waals surface area (Å²) in [6, 6.07) is 14.4. The van der Waals surface area contributed by atoms with Gasteiger partial charge in [-0.05, 0) is 30.7 Å². The number of anilines is 1. The Kier molecular flexibility index (Phi) is 4.77. The first kappa shape index (κ1) is 14.8. The molecule has 5 heteroatoms. The van der Waals surface area contributed by atoms with Gasteiger partial charge in [-0.1, -0.05) is 35.5 Å². The number of oxime groups is 1. The van der Waals surface area contributed by atoms with E-state index in [0.717, 1.165) is 5.56 Å². The van der Waals surface area contributed by atoms with Gasteiger partial charge in [-0.15, -0.1) is 0 Å². The van der Waals surface area contributed by atoms with E-state index in [1.54, 1.807) is 12.1 Å². The van der Waals surface area contributed by atoms with Crippen molar-refractivity contribution < 1.29 is 9.60 Å². The van der Waals surface area contributed by atoms with Gasteiger partial charge in [-0.2, -0.15) is 0 Å². The predicted molar refractivity (Wildman–Crippen MR) is 82.1 cm³/mol. The standard InChI is InChI=1S/C16H18FN3O/c1-2-20(11-12-6-4-3-5-7-12)15-9-8-13(10-14(15)17)16(18)19-21/h3-10,21H,2,11H2,1H3,(H2,18,19). The second kappa shape index (κ2) is 6.74. The van der Waals surface area contributed by atoms with Crippen molar-refractivity contribution in [1.29, 1.82) is 0 Å². The quantitative estimate of drug-likeness (QED) is 0.385. The zero-order valence-corrected chi connectivity index (χ0v) is 11.8. The lowest BCUT2D eigenvalue weighted by Crippen LogP contribution is -2.23. The van der Waals surface area contributed by atoms with Crippen LogP contribution in [0.5, 0.6) is 0 Å². The Morgan fingerprint density at radius 1 is 1.24 bits per heavy atom. The number of rotatable bonds is 5. The van der Waals surface area contributed by atoms with Crippen LogP contribution in [0.25, 0.3) is 0 Å². The summed E-state index contributed by atoms with van der Waals surface area (Å²) in [6.45, 7) is 3.27. The molecule has 2 aromatic carbocycles. The van der Waals surface area contributed by atoms with Gasteiger partial charge < -0.3 is 15.8 Å². The van der Waals surface area contributed by atoms with Crippen LogP contribution in [0.3, 0.4) is 0 Å². The highest BCUT2D eigenvalue weighted by atomic mass is 19.1. The van der Waals surface area contributed by atoms with Crippen LogP contribution >= 0.6 is 0 Å². The monoisotopic (exact) mass is 287 g/mol. The first-order valence-corrected chi connectivity index (χ1v) is 6.72. The molecule has 0 aliphatic rings. The van der Waals surface area contributed by atoms with E-state index in [-0.39, 0.29) is 5.84 Å². The number of hydrogen-bond acceptors (Lipinski definition) is 3. The van der Waals surface area contributed by atoms with Gasteiger partial charge in [0.1, 0.15) is 5.82 Å². The average Bonchev–Trinajstić information content (AvgIpc) is 2.53. The van der Waals surface area contributed by atoms with Crippen molar-refractivity contribution in [1.82, 2.24) is 0 Å². The summed E-state index contributed by atoms with van der Waals surface area (Å²) in [4.78, 5) is 1.93. The van der Waals surface area contributed by atoms with Crippen LogP contribution in [0, 0.1) is 5.82 Å². The molecule has 0 spiro atoms. The number of halogens is 1. The van der Waals surface area contributed by atoms with Crippen molar-refractivity contribution in [2.45, 2.75) is 13.5 Å². The minimum Gasteiger partial charge on any atom is -0.409 e. The number of nitrogens with zero attached hydrogens (tertiary/aromatic N) is 2. The van der Waals surface area contributed by atoms with Gasteiger partial charge >= 0.3 is 0 Å². The van der Waals surface area contributed by atoms with Gasteiger partial charge in [0, 0.05) is 18.7 Å². The first-order chi connectivity index (χ1) is 10.2. The summed E-state index contributed by atoms with van der Waals surface area (Å²) >= 11 is 0. The lowest BCUT2D eigenvalue weighted by Gasteiger charge is -2.24. The molecule has 0 saturated heterocycles. The largest absolute Gasteiger partial charge is 0.409 e. The molecule has 0 atom stereocenters. The fourth-order valence-corrected chi connectivity index (χ4v) is 2.15. The second-order valence-corrected chi connectivity index (χ2v) is 4.65. The van der Waals surface area contributed by atoms with Crippen molar-refractivity contribution in [3.63, 3.8) is 0 Å². The molecule has 0 fully saturated rings. The van der Waals surface area contributed by atoms with Crippen LogP contribution in [0.15, 0.2) is 53.7 Å². The molecule has 0 aliphatic heterocycles. The summed E-state index contributed by atoms with van der Waals surface area (Å²) in [5.74, 6) is -0.497. The van der Waals surface area contributed by atoms with Crippen molar-refractivity contribution in [3.8, 4) is 0 Å². The zero-order valence-electron chi connectivity index (χ0n) is 11.8. The molecule has 0 radical (unpaired) electrons. The number of hydrogen-bond donors (Lipinski definition) is 2. The van der Waals surface area contributed by atoms with Gasteiger partial charge in [-0.3, -0.25) is 0 Å². The van der Waals surface area contributed by atoms with Gasteiger partial charge in [0.15, 0.2) is 5.84 Å². The third kappa shape index (κ3) is 3.51. The number of benzene rings is 2. The molecule has 2 aromatic rings. The number of amidine groups is 1. The maximum absolute atomic E-state index is 14.3. The summed E-state index contributed by atoms with van der Waals surface area (Å²) in [5, 5.41) is 11.5. The smallest absolute Gasteiger partial charge is 0.170 e. The van der Waals surface area contributed by atoms with Gasteiger partial charge in [-0.25, -0.2) is 4.39 Å². The molecule has 4 nitrogen and oxygen atoms in total. The summed E-state index contributed by atoms with van der Waals surface area (Å²) in [6.07, 6.45) is 0. The third-order valence-corrected chi connectivity index (χ3v) is 3.29. The maximum atomic E-state index is 14.3. The van der Waals surface area contributed by atoms with Gasteiger partial charge in [0.25, 0.3) is 0 Å². The third-order valence-electron chi connectivity index (χ3n) is 3.29. The van der Waals surface area contributed by atoms with E-state index in [1.807, 2.05) is 42.2 Å². The Bertz CT molecular complexity index is 629. The van der Waals surface area contributed by atoms with Crippen molar-refractivity contribution in [2.75, 3.05) is 11.4 Å². The molecule has 0 heterocycles. The first-order valence-electron chi connectivity index (χ1n) is 6.72. The molecule has 0 unspecified atom stereocenters. The Hall–Kier alpha value is -2.56. The van der Waals surface area contributed by atoms with Crippen molar-refractivity contribution in [2.24, 2.45) is 10.9 Å². The molecule has 3 N–H and O–H groups in total. The Morgan fingerprint density at radius 2 is 1.95 bits per heavy atom. The van der Waals surface area contributed by atoms with E-state index in [1.165, 1.54) is 6.07 Å². The number of nitrogens with two attached hydrogens (primary N) is 1. The average molecular weight is 287 g/mol. The molecular formula is C16H18FN3O. The Morgan fingerprint density at radius 3 is 2.52 bits per heavy atom. The second-order valence-electron chi connectivity index (χ2n) is 4.65. The molecule has 0 amide bonds. The molecule has 0 aliphatic carbocycles. The fourth-order valence-electron chi connectivity index (χ4n) is 2.15. The molecule has 0 aromatic heterocycles. The molecular weight excluding hydrogens is 269 g/mol. The minimum atomic E-state index is -0.392. The van der Waals surface area contributed by atoms with Crippen molar-refractivity contribution >= 4 is 11.5 Å². The highest BCUT2D eigenvalue weighted by Crippen LogP contribution is 2.22. The summed E-state index contributed by atoms with van der Waals surface area (Å²) in [5.41, 5.74) is 7.43. The molecule has 0 saturated carbocycles. The zero-order chi connectivity index (χ0) is 15.2. The summed E-state index contributed by atoms with van der Waals surface area (Å²) < 4.78 is 14.3. The fraction of sp³-hybridized carbons (Fsp3) is 0.188. The van der Waals surface area contributed by atoms with Crippen LogP contribution in [-0.2, 0) is 6.54 Å². The minimum absolute atomic E-state index is 0.105. The Labute approximate surface area is 123 Å². The van der Waals surface area contributed by atoms with Crippen LogP contribution in [0.1, 0.15) is 18.1 Å². The highest BCUT2D eigenvalue weighted by molar-refractivity contribution is 5.97. The van der Waals surface area contributed by atoms with Gasteiger partial charge in [0.2, 0.25) is 0 Å². The van der Waals surface area contributed by atoms with E-state index in [4.69, 9.17) is 10.9 Å². The molecule has 21 heavy (non-hydrogen) atoms. The van der Waals surface area contributed by atoms with E-state index in [2.05, 4.69) is 5.16 Å². The predicted octanol–water partition coefficient (Wildman–Crippen LogP) is 2.95.